The van der Waals surface area contributed by atoms with Gasteiger partial charge in [0.1, 0.15) is 0 Å². The van der Waals surface area contributed by atoms with E-state index in [1.54, 1.807) is 4.90 Å². The molecule has 15 heavy (non-hydrogen) atoms. The van der Waals surface area contributed by atoms with Gasteiger partial charge in [0.15, 0.2) is 0 Å². The maximum absolute atomic E-state index is 11.6. The van der Waals surface area contributed by atoms with E-state index in [9.17, 15) is 9.59 Å². The lowest BCUT2D eigenvalue weighted by molar-refractivity contribution is -0.141. The Morgan fingerprint density at radius 2 is 2.07 bits per heavy atom. The summed E-state index contributed by atoms with van der Waals surface area (Å²) in [5, 5.41) is 16.9. The second-order valence-electron chi connectivity index (χ2n) is 3.62. The third-order valence-corrected chi connectivity index (χ3v) is 2.33. The van der Waals surface area contributed by atoms with Crippen molar-refractivity contribution in [3.05, 3.63) is 0 Å². The van der Waals surface area contributed by atoms with E-state index in [0.29, 0.717) is 13.0 Å². The van der Waals surface area contributed by atoms with Crippen molar-refractivity contribution in [2.24, 2.45) is 0 Å². The number of carbonyl (C=O) groups is 2. The van der Waals surface area contributed by atoms with Crippen molar-refractivity contribution in [3.63, 3.8) is 0 Å². The summed E-state index contributed by atoms with van der Waals surface area (Å²) in [4.78, 5) is 23.5. The first-order valence-corrected chi connectivity index (χ1v) is 5.03. The van der Waals surface area contributed by atoms with Gasteiger partial charge in [0.05, 0.1) is 18.9 Å². The fourth-order valence-electron chi connectivity index (χ4n) is 1.43. The minimum absolute atomic E-state index is 0.0390. The molecular weight excluding hydrogens is 196 g/mol. The minimum atomic E-state index is -0.959. The lowest BCUT2D eigenvalue weighted by atomic mass is 10.2. The van der Waals surface area contributed by atoms with Crippen LogP contribution < -0.4 is 0 Å². The van der Waals surface area contributed by atoms with Crippen LogP contribution in [0.5, 0.6) is 0 Å². The molecule has 0 bridgehead atoms. The predicted octanol–water partition coefficient (Wildman–Crippen LogP) is 0.756. The first kappa shape index (κ1) is 11.5. The van der Waals surface area contributed by atoms with E-state index in [4.69, 9.17) is 10.4 Å². The number of nitriles is 1. The highest BCUT2D eigenvalue weighted by molar-refractivity contribution is 5.81. The Bertz CT molecular complexity index is 292. The Hall–Kier alpha value is -1.57. The van der Waals surface area contributed by atoms with E-state index >= 15 is 0 Å². The number of rotatable bonds is 6. The van der Waals surface area contributed by atoms with Crippen molar-refractivity contribution >= 4 is 11.9 Å². The summed E-state index contributed by atoms with van der Waals surface area (Å²) >= 11 is 0. The third-order valence-electron chi connectivity index (χ3n) is 2.33. The van der Waals surface area contributed by atoms with E-state index in [0.717, 1.165) is 12.8 Å². The van der Waals surface area contributed by atoms with Crippen LogP contribution in [-0.2, 0) is 9.59 Å². The molecule has 1 rings (SSSR count). The average molecular weight is 210 g/mol. The SMILES string of the molecule is N#CCCN(C(=O)CCC(=O)O)C1CC1. The van der Waals surface area contributed by atoms with Gasteiger partial charge < -0.3 is 10.0 Å². The molecule has 1 aliphatic carbocycles. The summed E-state index contributed by atoms with van der Waals surface area (Å²) in [7, 11) is 0. The molecule has 0 aromatic heterocycles. The smallest absolute Gasteiger partial charge is 0.303 e. The largest absolute Gasteiger partial charge is 0.481 e. The Labute approximate surface area is 88.3 Å². The number of carbonyl (C=O) groups excluding carboxylic acids is 1. The molecule has 0 aromatic rings. The molecule has 5 heteroatoms. The van der Waals surface area contributed by atoms with Crippen LogP contribution in [0.2, 0.25) is 0 Å². The molecule has 1 N–H and O–H groups in total. The van der Waals surface area contributed by atoms with Crippen LogP contribution in [0.25, 0.3) is 0 Å². The van der Waals surface area contributed by atoms with Crippen LogP contribution in [-0.4, -0.2) is 34.5 Å². The van der Waals surface area contributed by atoms with Crippen LogP contribution in [0.15, 0.2) is 0 Å². The highest BCUT2D eigenvalue weighted by Gasteiger charge is 2.31. The lowest BCUT2D eigenvalue weighted by Crippen LogP contribution is -2.34. The highest BCUT2D eigenvalue weighted by atomic mass is 16.4. The molecule has 1 amide bonds. The molecular formula is C10H14N2O3. The van der Waals surface area contributed by atoms with E-state index in [2.05, 4.69) is 0 Å². The number of amides is 1. The quantitative estimate of drug-likeness (QED) is 0.701. The summed E-state index contributed by atoms with van der Waals surface area (Å²) in [6.45, 7) is 0.430. The summed E-state index contributed by atoms with van der Waals surface area (Å²) in [6.07, 6.45) is 2.18. The van der Waals surface area contributed by atoms with Gasteiger partial charge in [-0.25, -0.2) is 0 Å². The molecule has 82 valence electrons. The predicted molar refractivity (Wildman–Crippen MR) is 51.8 cm³/mol. The van der Waals surface area contributed by atoms with Gasteiger partial charge in [0, 0.05) is 19.0 Å². The van der Waals surface area contributed by atoms with Gasteiger partial charge in [-0.2, -0.15) is 5.26 Å². The molecule has 0 unspecified atom stereocenters. The van der Waals surface area contributed by atoms with Gasteiger partial charge in [-0.3, -0.25) is 9.59 Å². The van der Waals surface area contributed by atoms with Gasteiger partial charge >= 0.3 is 5.97 Å². The maximum atomic E-state index is 11.6. The number of aliphatic carboxylic acids is 1. The topological polar surface area (TPSA) is 81.4 Å². The normalized spacial score (nSPS) is 14.3. The number of carboxylic acids is 1. The molecule has 0 saturated heterocycles. The summed E-state index contributed by atoms with van der Waals surface area (Å²) in [5.74, 6) is -1.10. The van der Waals surface area contributed by atoms with E-state index in [1.165, 1.54) is 0 Å². The van der Waals surface area contributed by atoms with Crippen LogP contribution in [0.3, 0.4) is 0 Å². The Morgan fingerprint density at radius 3 is 2.53 bits per heavy atom. The lowest BCUT2D eigenvalue weighted by Gasteiger charge is -2.20. The summed E-state index contributed by atoms with van der Waals surface area (Å²) < 4.78 is 0. The van der Waals surface area contributed by atoms with Crippen LogP contribution in [0.4, 0.5) is 0 Å². The van der Waals surface area contributed by atoms with Crippen LogP contribution >= 0.6 is 0 Å². The van der Waals surface area contributed by atoms with Crippen molar-refractivity contribution in [1.82, 2.24) is 4.90 Å². The number of hydrogen-bond donors (Lipinski definition) is 1. The zero-order valence-corrected chi connectivity index (χ0v) is 8.48. The molecule has 0 atom stereocenters. The number of carboxylic acid groups (broad SMARTS) is 1. The number of hydrogen-bond acceptors (Lipinski definition) is 3. The summed E-state index contributed by atoms with van der Waals surface area (Å²) in [6, 6.07) is 2.24. The van der Waals surface area contributed by atoms with Crippen molar-refractivity contribution in [3.8, 4) is 6.07 Å². The van der Waals surface area contributed by atoms with Gasteiger partial charge in [0.2, 0.25) is 5.91 Å². The minimum Gasteiger partial charge on any atom is -0.481 e. The van der Waals surface area contributed by atoms with E-state index < -0.39 is 5.97 Å². The first-order valence-electron chi connectivity index (χ1n) is 5.03. The molecule has 5 nitrogen and oxygen atoms in total. The molecule has 1 fully saturated rings. The molecule has 1 saturated carbocycles. The van der Waals surface area contributed by atoms with Gasteiger partial charge in [-0.1, -0.05) is 0 Å². The summed E-state index contributed by atoms with van der Waals surface area (Å²) in [5.41, 5.74) is 0. The third kappa shape index (κ3) is 3.98. The van der Waals surface area contributed by atoms with Gasteiger partial charge in [-0.15, -0.1) is 0 Å². The Balaban J connectivity index is 2.37. The second kappa shape index (κ2) is 5.35. The van der Waals surface area contributed by atoms with Crippen LogP contribution in [0, 0.1) is 11.3 Å². The molecule has 0 aliphatic heterocycles. The zero-order chi connectivity index (χ0) is 11.3. The first-order chi connectivity index (χ1) is 7.15. The maximum Gasteiger partial charge on any atom is 0.303 e. The van der Waals surface area contributed by atoms with E-state index in [-0.39, 0.29) is 24.8 Å². The fraction of sp³-hybridized carbons (Fsp3) is 0.700. The second-order valence-corrected chi connectivity index (χ2v) is 3.62. The van der Waals surface area contributed by atoms with Crippen molar-refractivity contribution < 1.29 is 14.7 Å². The van der Waals surface area contributed by atoms with E-state index in [1.807, 2.05) is 6.07 Å². The average Bonchev–Trinajstić information content (AvgIpc) is 2.99. The zero-order valence-electron chi connectivity index (χ0n) is 8.48. The van der Waals surface area contributed by atoms with Crippen molar-refractivity contribution in [2.75, 3.05) is 6.54 Å². The van der Waals surface area contributed by atoms with Crippen molar-refractivity contribution in [1.29, 1.82) is 5.26 Å². The standard InChI is InChI=1S/C10H14N2O3/c11-6-1-7-12(8-2-3-8)9(13)4-5-10(14)15/h8H,1-5,7H2,(H,14,15). The fourth-order valence-corrected chi connectivity index (χ4v) is 1.43. The monoisotopic (exact) mass is 210 g/mol. The molecule has 1 aliphatic rings. The Morgan fingerprint density at radius 1 is 1.40 bits per heavy atom. The van der Waals surface area contributed by atoms with Crippen LogP contribution in [0.1, 0.15) is 32.1 Å². The number of nitrogens with zero attached hydrogens (tertiary/aromatic N) is 2. The molecule has 0 spiro atoms. The van der Waals surface area contributed by atoms with Gasteiger partial charge in [0.25, 0.3) is 0 Å². The molecule has 0 radical (unpaired) electrons. The molecule has 0 aromatic carbocycles. The molecule has 0 heterocycles. The Kier molecular flexibility index (Phi) is 4.10. The highest BCUT2D eigenvalue weighted by Crippen LogP contribution is 2.27. The van der Waals surface area contributed by atoms with Gasteiger partial charge in [-0.05, 0) is 12.8 Å². The van der Waals surface area contributed by atoms with Crippen molar-refractivity contribution in [2.45, 2.75) is 38.1 Å².